The number of hydrogen-bond acceptors (Lipinski definition) is 4. The molecule has 110 valence electrons. The number of ether oxygens (including phenoxy) is 1. The summed E-state index contributed by atoms with van der Waals surface area (Å²) in [6.07, 6.45) is 6.25. The zero-order valence-electron chi connectivity index (χ0n) is 11.8. The smallest absolute Gasteiger partial charge is 0.414 e. The molecule has 0 aliphatic carbocycles. The number of allylic oxidation sites excluding steroid dienone is 1. The molecule has 0 bridgehead atoms. The molecule has 5 nitrogen and oxygen atoms in total. The van der Waals surface area contributed by atoms with Crippen LogP contribution < -0.4 is 4.90 Å². The van der Waals surface area contributed by atoms with E-state index in [0.29, 0.717) is 18.7 Å². The van der Waals surface area contributed by atoms with Crippen molar-refractivity contribution in [1.82, 2.24) is 4.98 Å². The van der Waals surface area contributed by atoms with Gasteiger partial charge in [0, 0.05) is 23.6 Å². The molecule has 1 amide bonds. The van der Waals surface area contributed by atoms with Gasteiger partial charge in [0.15, 0.2) is 5.78 Å². The largest absolute Gasteiger partial charge is 0.447 e. The minimum atomic E-state index is -0.351. The highest BCUT2D eigenvalue weighted by Crippen LogP contribution is 2.19. The van der Waals surface area contributed by atoms with E-state index in [2.05, 4.69) is 4.98 Å². The zero-order valence-corrected chi connectivity index (χ0v) is 11.8. The third-order valence-electron chi connectivity index (χ3n) is 3.34. The van der Waals surface area contributed by atoms with E-state index in [1.807, 2.05) is 12.1 Å². The van der Waals surface area contributed by atoms with Gasteiger partial charge in [0.05, 0.1) is 6.54 Å². The van der Waals surface area contributed by atoms with E-state index < -0.39 is 0 Å². The quantitative estimate of drug-likeness (QED) is 0.642. The number of amides is 1. The molecule has 1 aliphatic heterocycles. The van der Waals surface area contributed by atoms with Crippen LogP contribution in [0.5, 0.6) is 0 Å². The first-order chi connectivity index (χ1) is 10.7. The lowest BCUT2D eigenvalue weighted by Crippen LogP contribution is -2.23. The second kappa shape index (κ2) is 6.22. The minimum Gasteiger partial charge on any atom is -0.447 e. The van der Waals surface area contributed by atoms with Crippen LogP contribution in [-0.4, -0.2) is 30.0 Å². The molecule has 2 heterocycles. The molecule has 0 saturated carbocycles. The van der Waals surface area contributed by atoms with Crippen LogP contribution in [0.25, 0.3) is 6.08 Å². The Bertz CT molecular complexity index is 708. The SMILES string of the molecule is O=C(C=Cc1cccnc1)c1ccc(N2CCOC2=O)cc1. The van der Waals surface area contributed by atoms with E-state index in [0.717, 1.165) is 11.3 Å². The highest BCUT2D eigenvalue weighted by Gasteiger charge is 2.23. The number of pyridine rings is 1. The van der Waals surface area contributed by atoms with Crippen molar-refractivity contribution in [3.05, 3.63) is 66.0 Å². The number of carbonyl (C=O) groups excluding carboxylic acids is 2. The lowest BCUT2D eigenvalue weighted by atomic mass is 10.1. The summed E-state index contributed by atoms with van der Waals surface area (Å²) in [5.74, 6) is -0.0978. The van der Waals surface area contributed by atoms with Crippen molar-refractivity contribution in [2.24, 2.45) is 0 Å². The summed E-state index contributed by atoms with van der Waals surface area (Å²) in [6, 6.07) is 10.6. The van der Waals surface area contributed by atoms with Gasteiger partial charge in [0.1, 0.15) is 6.61 Å². The van der Waals surface area contributed by atoms with E-state index in [1.54, 1.807) is 47.6 Å². The normalized spacial score (nSPS) is 14.4. The molecule has 1 aromatic carbocycles. The molecule has 0 radical (unpaired) electrons. The second-order valence-electron chi connectivity index (χ2n) is 4.80. The maximum absolute atomic E-state index is 12.1. The van der Waals surface area contributed by atoms with Gasteiger partial charge in [0.25, 0.3) is 0 Å². The predicted molar refractivity (Wildman–Crippen MR) is 82.7 cm³/mol. The predicted octanol–water partition coefficient (Wildman–Crippen LogP) is 2.93. The number of anilines is 1. The summed E-state index contributed by atoms with van der Waals surface area (Å²) >= 11 is 0. The molecule has 22 heavy (non-hydrogen) atoms. The summed E-state index contributed by atoms with van der Waals surface area (Å²) in [4.78, 5) is 29.1. The number of nitrogens with zero attached hydrogens (tertiary/aromatic N) is 2. The Morgan fingerprint density at radius 2 is 2.05 bits per heavy atom. The van der Waals surface area contributed by atoms with Gasteiger partial charge in [-0.1, -0.05) is 6.07 Å². The van der Waals surface area contributed by atoms with Crippen LogP contribution in [0.3, 0.4) is 0 Å². The van der Waals surface area contributed by atoms with Gasteiger partial charge in [-0.15, -0.1) is 0 Å². The van der Waals surface area contributed by atoms with Crippen LogP contribution in [0.4, 0.5) is 10.5 Å². The Hall–Kier alpha value is -2.95. The van der Waals surface area contributed by atoms with Crippen molar-refractivity contribution < 1.29 is 14.3 Å². The van der Waals surface area contributed by atoms with Gasteiger partial charge in [-0.25, -0.2) is 4.79 Å². The highest BCUT2D eigenvalue weighted by molar-refractivity contribution is 6.07. The number of aromatic nitrogens is 1. The number of benzene rings is 1. The number of ketones is 1. The van der Waals surface area contributed by atoms with Crippen molar-refractivity contribution in [3.8, 4) is 0 Å². The van der Waals surface area contributed by atoms with Gasteiger partial charge in [-0.05, 0) is 48.0 Å². The third-order valence-corrected chi connectivity index (χ3v) is 3.34. The lowest BCUT2D eigenvalue weighted by Gasteiger charge is -2.12. The topological polar surface area (TPSA) is 59.5 Å². The molecule has 1 aliphatic rings. The maximum Gasteiger partial charge on any atom is 0.414 e. The third kappa shape index (κ3) is 3.03. The molecule has 0 atom stereocenters. The minimum absolute atomic E-state index is 0.0978. The van der Waals surface area contributed by atoms with Crippen molar-refractivity contribution in [1.29, 1.82) is 0 Å². The first-order valence-electron chi connectivity index (χ1n) is 6.91. The van der Waals surface area contributed by atoms with Crippen LogP contribution >= 0.6 is 0 Å². The molecule has 2 aromatic rings. The fourth-order valence-electron chi connectivity index (χ4n) is 2.18. The monoisotopic (exact) mass is 294 g/mol. The molecule has 0 unspecified atom stereocenters. The maximum atomic E-state index is 12.1. The van der Waals surface area contributed by atoms with E-state index in [9.17, 15) is 9.59 Å². The Balaban J connectivity index is 1.71. The molecule has 0 spiro atoms. The molecule has 1 saturated heterocycles. The van der Waals surface area contributed by atoms with Gasteiger partial charge in [-0.3, -0.25) is 14.7 Å². The molecule has 5 heteroatoms. The fraction of sp³-hybridized carbons (Fsp3) is 0.118. The van der Waals surface area contributed by atoms with Crippen molar-refractivity contribution in [3.63, 3.8) is 0 Å². The number of hydrogen-bond donors (Lipinski definition) is 0. The summed E-state index contributed by atoms with van der Waals surface area (Å²) in [7, 11) is 0. The van der Waals surface area contributed by atoms with E-state index in [-0.39, 0.29) is 11.9 Å². The van der Waals surface area contributed by atoms with Crippen molar-refractivity contribution >= 4 is 23.6 Å². The molecule has 1 aromatic heterocycles. The molecular formula is C17H14N2O3. The Morgan fingerprint density at radius 3 is 2.68 bits per heavy atom. The first kappa shape index (κ1) is 14.0. The fourth-order valence-corrected chi connectivity index (χ4v) is 2.18. The van der Waals surface area contributed by atoms with Crippen molar-refractivity contribution in [2.45, 2.75) is 0 Å². The number of cyclic esters (lactones) is 1. The van der Waals surface area contributed by atoms with Crippen LogP contribution in [0, 0.1) is 0 Å². The molecule has 0 N–H and O–H groups in total. The molecule has 3 rings (SSSR count). The van der Waals surface area contributed by atoms with Gasteiger partial charge in [-0.2, -0.15) is 0 Å². The molecular weight excluding hydrogens is 280 g/mol. The van der Waals surface area contributed by atoms with Crippen LogP contribution in [0.2, 0.25) is 0 Å². The average Bonchev–Trinajstić information content (AvgIpc) is 3.00. The van der Waals surface area contributed by atoms with Crippen molar-refractivity contribution in [2.75, 3.05) is 18.1 Å². The van der Waals surface area contributed by atoms with Gasteiger partial charge < -0.3 is 4.74 Å². The summed E-state index contributed by atoms with van der Waals surface area (Å²) in [5, 5.41) is 0. The van der Waals surface area contributed by atoms with E-state index >= 15 is 0 Å². The Morgan fingerprint density at radius 1 is 1.23 bits per heavy atom. The van der Waals surface area contributed by atoms with Gasteiger partial charge in [0.2, 0.25) is 0 Å². The standard InChI is InChI=1S/C17H14N2O3/c20-16(8-3-13-2-1-9-18-12-13)14-4-6-15(7-5-14)19-10-11-22-17(19)21/h1-9,12H,10-11H2. The summed E-state index contributed by atoms with van der Waals surface area (Å²) in [5.41, 5.74) is 2.17. The zero-order chi connectivity index (χ0) is 15.4. The van der Waals surface area contributed by atoms with E-state index in [1.165, 1.54) is 6.08 Å². The van der Waals surface area contributed by atoms with Gasteiger partial charge >= 0.3 is 6.09 Å². The highest BCUT2D eigenvalue weighted by atomic mass is 16.6. The average molecular weight is 294 g/mol. The first-order valence-corrected chi connectivity index (χ1v) is 6.91. The summed E-state index contributed by atoms with van der Waals surface area (Å²) < 4.78 is 4.89. The number of rotatable bonds is 4. The Kier molecular flexibility index (Phi) is 3.96. The number of carbonyl (C=O) groups is 2. The second-order valence-corrected chi connectivity index (χ2v) is 4.80. The van der Waals surface area contributed by atoms with Crippen LogP contribution in [0.15, 0.2) is 54.9 Å². The van der Waals surface area contributed by atoms with E-state index in [4.69, 9.17) is 4.74 Å². The van der Waals surface area contributed by atoms with Crippen LogP contribution in [0.1, 0.15) is 15.9 Å². The molecule has 1 fully saturated rings. The Labute approximate surface area is 127 Å². The van der Waals surface area contributed by atoms with Crippen LogP contribution in [-0.2, 0) is 4.74 Å². The lowest BCUT2D eigenvalue weighted by molar-refractivity contribution is 0.104. The summed E-state index contributed by atoms with van der Waals surface area (Å²) in [6.45, 7) is 0.931.